The second kappa shape index (κ2) is 19.2. The van der Waals surface area contributed by atoms with Gasteiger partial charge in [-0.1, -0.05) is 71.1 Å². The molecular formula is C20H41O9P. The molecule has 9 nitrogen and oxygen atoms in total. The van der Waals surface area contributed by atoms with Crippen molar-refractivity contribution in [2.45, 2.75) is 96.2 Å². The molecule has 0 aromatic rings. The number of esters is 1. The largest absolute Gasteiger partial charge is 0.472 e. The monoisotopic (exact) mass is 456 g/mol. The van der Waals surface area contributed by atoms with E-state index in [1.54, 1.807) is 0 Å². The maximum Gasteiger partial charge on any atom is 0.472 e. The first kappa shape index (κ1) is 29.5. The van der Waals surface area contributed by atoms with Crippen LogP contribution in [-0.4, -0.2) is 64.8 Å². The quantitative estimate of drug-likeness (QED) is 0.116. The van der Waals surface area contributed by atoms with Crippen LogP contribution >= 0.6 is 7.82 Å². The molecule has 30 heavy (non-hydrogen) atoms. The van der Waals surface area contributed by atoms with Gasteiger partial charge in [0.25, 0.3) is 0 Å². The molecular weight excluding hydrogens is 415 g/mol. The Kier molecular flexibility index (Phi) is 18.8. The first-order chi connectivity index (χ1) is 14.3. The lowest BCUT2D eigenvalue weighted by Gasteiger charge is -2.18. The van der Waals surface area contributed by atoms with E-state index in [0.29, 0.717) is 6.42 Å². The fourth-order valence-corrected chi connectivity index (χ4v) is 3.54. The van der Waals surface area contributed by atoms with Crippen LogP contribution in [0, 0.1) is 0 Å². The molecule has 0 radical (unpaired) electrons. The van der Waals surface area contributed by atoms with E-state index in [0.717, 1.165) is 19.3 Å². The zero-order valence-electron chi connectivity index (χ0n) is 18.2. The number of aliphatic hydroxyl groups is 3. The van der Waals surface area contributed by atoms with E-state index in [2.05, 4.69) is 16.0 Å². The highest BCUT2D eigenvalue weighted by Crippen LogP contribution is 2.43. The molecule has 3 atom stereocenters. The summed E-state index contributed by atoms with van der Waals surface area (Å²) in [5.74, 6) is -0.502. The van der Waals surface area contributed by atoms with E-state index in [1.807, 2.05) is 0 Å². The molecule has 0 rings (SSSR count). The minimum Gasteiger partial charge on any atom is -0.457 e. The average molecular weight is 457 g/mol. The Balaban J connectivity index is 3.78. The number of unbranched alkanes of at least 4 members (excludes halogenated alkanes) is 10. The van der Waals surface area contributed by atoms with Crippen molar-refractivity contribution in [3.63, 3.8) is 0 Å². The molecule has 180 valence electrons. The first-order valence-corrected chi connectivity index (χ1v) is 12.5. The molecule has 0 aromatic carbocycles. The molecule has 0 aliphatic rings. The van der Waals surface area contributed by atoms with Crippen LogP contribution in [0.25, 0.3) is 0 Å². The summed E-state index contributed by atoms with van der Waals surface area (Å²) in [6.07, 6.45) is 10.7. The Morgan fingerprint density at radius 1 is 0.833 bits per heavy atom. The summed E-state index contributed by atoms with van der Waals surface area (Å²) < 4.78 is 25.8. The fourth-order valence-electron chi connectivity index (χ4n) is 2.75. The zero-order chi connectivity index (χ0) is 22.7. The van der Waals surface area contributed by atoms with Crippen LogP contribution in [0.15, 0.2) is 0 Å². The van der Waals surface area contributed by atoms with Crippen molar-refractivity contribution in [2.24, 2.45) is 0 Å². The van der Waals surface area contributed by atoms with E-state index in [-0.39, 0.29) is 6.42 Å². The third-order valence-corrected chi connectivity index (χ3v) is 5.50. The predicted molar refractivity (Wildman–Crippen MR) is 113 cm³/mol. The van der Waals surface area contributed by atoms with Gasteiger partial charge in [0.1, 0.15) is 12.2 Å². The van der Waals surface area contributed by atoms with Crippen molar-refractivity contribution in [3.8, 4) is 0 Å². The van der Waals surface area contributed by atoms with Gasteiger partial charge in [-0.25, -0.2) is 4.57 Å². The lowest BCUT2D eigenvalue weighted by molar-refractivity contribution is -0.153. The summed E-state index contributed by atoms with van der Waals surface area (Å²) in [7, 11) is -4.49. The van der Waals surface area contributed by atoms with Crippen molar-refractivity contribution in [3.05, 3.63) is 0 Å². The number of carbonyl (C=O) groups excluding carboxylic acids is 1. The van der Waals surface area contributed by atoms with Gasteiger partial charge in [-0.05, 0) is 6.42 Å². The number of rotatable bonds is 21. The molecule has 0 aliphatic carbocycles. The average Bonchev–Trinajstić information content (AvgIpc) is 2.73. The highest BCUT2D eigenvalue weighted by atomic mass is 31.2. The van der Waals surface area contributed by atoms with Crippen LogP contribution in [0.2, 0.25) is 0 Å². The molecule has 0 bridgehead atoms. The summed E-state index contributed by atoms with van der Waals surface area (Å²) in [6, 6.07) is 0. The van der Waals surface area contributed by atoms with Crippen LogP contribution < -0.4 is 0 Å². The van der Waals surface area contributed by atoms with Gasteiger partial charge in [0.15, 0.2) is 0 Å². The van der Waals surface area contributed by atoms with Crippen molar-refractivity contribution in [1.82, 2.24) is 0 Å². The van der Waals surface area contributed by atoms with Gasteiger partial charge >= 0.3 is 13.8 Å². The lowest BCUT2D eigenvalue weighted by atomic mass is 10.1. The summed E-state index contributed by atoms with van der Waals surface area (Å²) in [4.78, 5) is 21.3. The molecule has 0 saturated heterocycles. The van der Waals surface area contributed by atoms with Crippen LogP contribution in [0.3, 0.4) is 0 Å². The summed E-state index contributed by atoms with van der Waals surface area (Å²) >= 11 is 0. The summed E-state index contributed by atoms with van der Waals surface area (Å²) in [5, 5.41) is 27.0. The molecule has 0 saturated carbocycles. The molecule has 10 heteroatoms. The van der Waals surface area contributed by atoms with Crippen molar-refractivity contribution >= 4 is 13.8 Å². The van der Waals surface area contributed by atoms with Crippen LogP contribution in [0.1, 0.15) is 84.0 Å². The third kappa shape index (κ3) is 18.2. The number of ether oxygens (including phenoxy) is 1. The number of hydrogen-bond acceptors (Lipinski definition) is 8. The van der Waals surface area contributed by atoms with Crippen molar-refractivity contribution < 1.29 is 43.4 Å². The van der Waals surface area contributed by atoms with Crippen molar-refractivity contribution in [1.29, 1.82) is 0 Å². The molecule has 0 heterocycles. The van der Waals surface area contributed by atoms with Crippen LogP contribution in [0.4, 0.5) is 0 Å². The molecule has 0 spiro atoms. The van der Waals surface area contributed by atoms with Gasteiger partial charge in [-0.15, -0.1) is 0 Å². The molecule has 0 amide bonds. The molecule has 3 unspecified atom stereocenters. The Bertz CT molecular complexity index is 462. The third-order valence-electron chi connectivity index (χ3n) is 4.55. The van der Waals surface area contributed by atoms with Gasteiger partial charge in [0, 0.05) is 6.42 Å². The standard InChI is InChI=1S/C20H41O9P/c1-2-3-4-5-6-7-8-9-10-11-12-13-20(24)29-19(15-22)17-28-30(25,26)27-16-18(23)14-21/h18-19,21-23H,2-17H2,1H3,(H,25,26). The Morgan fingerprint density at radius 2 is 1.33 bits per heavy atom. The Labute approximate surface area is 180 Å². The highest BCUT2D eigenvalue weighted by Gasteiger charge is 2.25. The van der Waals surface area contributed by atoms with Gasteiger partial charge in [-0.3, -0.25) is 13.8 Å². The smallest absolute Gasteiger partial charge is 0.457 e. The number of phosphoric ester groups is 1. The van der Waals surface area contributed by atoms with E-state index in [9.17, 15) is 19.4 Å². The predicted octanol–water partition coefficient (Wildman–Crippen LogP) is 3.08. The Morgan fingerprint density at radius 3 is 1.83 bits per heavy atom. The first-order valence-electron chi connectivity index (χ1n) is 11.1. The molecule has 0 aliphatic heterocycles. The highest BCUT2D eigenvalue weighted by molar-refractivity contribution is 7.47. The zero-order valence-corrected chi connectivity index (χ0v) is 19.1. The van der Waals surface area contributed by atoms with E-state index >= 15 is 0 Å². The van der Waals surface area contributed by atoms with E-state index in [1.165, 1.54) is 44.9 Å². The maximum absolute atomic E-state index is 11.8. The van der Waals surface area contributed by atoms with Crippen LogP contribution in [-0.2, 0) is 23.1 Å². The SMILES string of the molecule is CCCCCCCCCCCCCC(=O)OC(CO)COP(=O)(O)OCC(O)CO. The second-order valence-electron chi connectivity index (χ2n) is 7.48. The maximum atomic E-state index is 11.8. The minimum atomic E-state index is -4.49. The topological polar surface area (TPSA) is 143 Å². The second-order valence-corrected chi connectivity index (χ2v) is 8.93. The fraction of sp³-hybridized carbons (Fsp3) is 0.950. The number of carbonyl (C=O) groups is 1. The summed E-state index contributed by atoms with van der Waals surface area (Å²) in [6.45, 7) is -0.0968. The van der Waals surface area contributed by atoms with Gasteiger partial charge in [-0.2, -0.15) is 0 Å². The minimum absolute atomic E-state index is 0.212. The Hall–Kier alpha value is -0.540. The molecule has 0 aromatic heterocycles. The van der Waals surface area contributed by atoms with E-state index in [4.69, 9.17) is 14.9 Å². The number of hydrogen-bond donors (Lipinski definition) is 4. The number of aliphatic hydroxyl groups excluding tert-OH is 3. The van der Waals surface area contributed by atoms with E-state index < -0.39 is 52.4 Å². The normalized spacial score (nSPS) is 15.5. The van der Waals surface area contributed by atoms with Crippen LogP contribution in [0.5, 0.6) is 0 Å². The van der Waals surface area contributed by atoms with Crippen molar-refractivity contribution in [2.75, 3.05) is 26.4 Å². The molecule has 0 fully saturated rings. The lowest BCUT2D eigenvalue weighted by Crippen LogP contribution is -2.27. The molecule has 4 N–H and O–H groups in total. The van der Waals surface area contributed by atoms with Gasteiger partial charge < -0.3 is 24.9 Å². The van der Waals surface area contributed by atoms with Gasteiger partial charge in [0.2, 0.25) is 0 Å². The summed E-state index contributed by atoms with van der Waals surface area (Å²) in [5.41, 5.74) is 0. The number of phosphoric acid groups is 1. The van der Waals surface area contributed by atoms with Gasteiger partial charge in [0.05, 0.1) is 26.4 Å².